The fourth-order valence-corrected chi connectivity index (χ4v) is 9.45. The smallest absolute Gasteiger partial charge is 0.327 e. The number of amides is 1. The minimum atomic E-state index is -1.79. The van der Waals surface area contributed by atoms with Crippen LogP contribution in [0.5, 0.6) is 17.2 Å². The van der Waals surface area contributed by atoms with Gasteiger partial charge in [-0.15, -0.1) is 0 Å². The number of nitrogens with zero attached hydrogens (tertiary/aromatic N) is 2. The normalized spacial score (nSPS) is 29.3. The number of aliphatic hydroxyl groups is 4. The molecule has 1 saturated heterocycles. The van der Waals surface area contributed by atoms with E-state index in [9.17, 15) is 45.3 Å². The zero-order valence-electron chi connectivity index (χ0n) is 30.9. The quantitative estimate of drug-likeness (QED) is 0.105. The standard InChI is InChI=1S/C42H46N4O11/c47-20-34-37(51)38(52)39(53)41(57-34)56-33-16-30-26(15-32(33)49)27(17-42-12-4-3-5-24(42)18-44-29-7-2-1-6-28(29)42)36(40(54)55)46(30)35(50)11-9-22-8-10-31(48)23(13-22)14-25-19-43-21-45-25/h1-2,6-11,13,15-16,19,21,24,27,34,36-39,41,44,47-49,51-53H,3-5,12,14,17-18,20H2,(H,43,45)(H,54,55). The first-order chi connectivity index (χ1) is 27.5. The minimum Gasteiger partial charge on any atom is -0.508 e. The van der Waals surface area contributed by atoms with Crippen LogP contribution in [0.2, 0.25) is 0 Å². The first kappa shape index (κ1) is 38.4. The predicted octanol–water partition coefficient (Wildman–Crippen LogP) is 3.13. The number of H-pyrrole nitrogens is 1. The molecule has 2 fully saturated rings. The van der Waals surface area contributed by atoms with Gasteiger partial charge in [0, 0.05) is 59.6 Å². The number of carboxylic acids is 1. The molecule has 3 aliphatic heterocycles. The largest absolute Gasteiger partial charge is 0.508 e. The van der Waals surface area contributed by atoms with Crippen molar-refractivity contribution in [2.24, 2.45) is 5.92 Å². The van der Waals surface area contributed by atoms with Crippen molar-refractivity contribution in [1.29, 1.82) is 0 Å². The van der Waals surface area contributed by atoms with Crippen LogP contribution in [-0.2, 0) is 26.2 Å². The number of aromatic amines is 1. The van der Waals surface area contributed by atoms with Crippen molar-refractivity contribution in [3.05, 3.63) is 101 Å². The van der Waals surface area contributed by atoms with Crippen molar-refractivity contribution in [1.82, 2.24) is 9.97 Å². The topological polar surface area (TPSA) is 238 Å². The van der Waals surface area contributed by atoms with Crippen LogP contribution in [0.4, 0.5) is 11.4 Å². The van der Waals surface area contributed by atoms with Crippen LogP contribution in [0.3, 0.4) is 0 Å². The Morgan fingerprint density at radius 1 is 1.02 bits per heavy atom. The van der Waals surface area contributed by atoms with Gasteiger partial charge in [-0.05, 0) is 72.2 Å². The summed E-state index contributed by atoms with van der Waals surface area (Å²) in [7, 11) is 0. The number of rotatable bonds is 10. The Hall–Kier alpha value is -5.45. The number of anilines is 2. The SMILES string of the molecule is O=C(O)C1C(CC23CCCCC2CNc2ccccc23)c2cc(O)c(OC3OC(CO)C(O)C(O)C3O)cc2N1C(=O)C=Cc1ccc(O)c(Cc2cnc[nH]2)c1. The Kier molecular flexibility index (Phi) is 10.4. The molecular weight excluding hydrogens is 736 g/mol. The Morgan fingerprint density at radius 2 is 1.84 bits per heavy atom. The van der Waals surface area contributed by atoms with Gasteiger partial charge in [-0.1, -0.05) is 37.1 Å². The lowest BCUT2D eigenvalue weighted by atomic mass is 9.56. The molecule has 9 atom stereocenters. The number of hydrogen-bond donors (Lipinski definition) is 9. The van der Waals surface area contributed by atoms with Gasteiger partial charge < -0.3 is 55.5 Å². The lowest BCUT2D eigenvalue weighted by Crippen LogP contribution is -2.60. The summed E-state index contributed by atoms with van der Waals surface area (Å²) in [6, 6.07) is 14.2. The number of fused-ring (bicyclic) bond motifs is 4. The number of phenolic OH excluding ortho intramolecular Hbond substituents is 2. The average Bonchev–Trinajstić information content (AvgIpc) is 3.84. The van der Waals surface area contributed by atoms with Crippen LogP contribution < -0.4 is 15.0 Å². The van der Waals surface area contributed by atoms with Crippen molar-refractivity contribution < 1.29 is 54.8 Å². The molecule has 15 heteroatoms. The lowest BCUT2D eigenvalue weighted by molar-refractivity contribution is -0.277. The molecule has 15 nitrogen and oxygen atoms in total. The van der Waals surface area contributed by atoms with Gasteiger partial charge in [0.25, 0.3) is 5.91 Å². The zero-order chi connectivity index (χ0) is 40.0. The Bertz CT molecular complexity index is 2160. The molecule has 9 N–H and O–H groups in total. The van der Waals surface area contributed by atoms with Crippen LogP contribution in [-0.4, -0.2) is 107 Å². The van der Waals surface area contributed by atoms with Gasteiger partial charge in [0.2, 0.25) is 6.29 Å². The summed E-state index contributed by atoms with van der Waals surface area (Å²) in [6.07, 6.45) is 2.31. The number of hydrogen-bond acceptors (Lipinski definition) is 12. The summed E-state index contributed by atoms with van der Waals surface area (Å²) in [6.45, 7) is 0.0104. The third-order valence-electron chi connectivity index (χ3n) is 12.3. The summed E-state index contributed by atoms with van der Waals surface area (Å²) < 4.78 is 11.4. The average molecular weight is 783 g/mol. The van der Waals surface area contributed by atoms with E-state index in [0.29, 0.717) is 36.1 Å². The number of benzene rings is 3. The second-order valence-electron chi connectivity index (χ2n) is 15.5. The first-order valence-electron chi connectivity index (χ1n) is 19.2. The van der Waals surface area contributed by atoms with Crippen LogP contribution in [0.15, 0.2) is 73.2 Å². The van der Waals surface area contributed by atoms with E-state index in [-0.39, 0.29) is 23.1 Å². The zero-order valence-corrected chi connectivity index (χ0v) is 30.9. The van der Waals surface area contributed by atoms with E-state index in [1.54, 1.807) is 18.3 Å². The van der Waals surface area contributed by atoms with Crippen molar-refractivity contribution in [3.8, 4) is 17.2 Å². The number of aromatic nitrogens is 2. The van der Waals surface area contributed by atoms with Crippen molar-refractivity contribution in [2.75, 3.05) is 23.4 Å². The number of carbonyl (C=O) groups excluding carboxylic acids is 1. The summed E-state index contributed by atoms with van der Waals surface area (Å²) in [4.78, 5) is 36.2. The molecule has 57 heavy (non-hydrogen) atoms. The lowest BCUT2D eigenvalue weighted by Gasteiger charge is -2.50. The molecular formula is C42H46N4O11. The van der Waals surface area contributed by atoms with E-state index in [0.717, 1.165) is 42.6 Å². The molecule has 4 aliphatic rings. The van der Waals surface area contributed by atoms with E-state index < -0.39 is 72.3 Å². The summed E-state index contributed by atoms with van der Waals surface area (Å²) in [5.41, 5.74) is 4.17. The number of imidazole rings is 1. The van der Waals surface area contributed by atoms with Crippen LogP contribution in [0.1, 0.15) is 66.0 Å². The summed E-state index contributed by atoms with van der Waals surface area (Å²) >= 11 is 0. The molecule has 0 radical (unpaired) electrons. The number of ether oxygens (including phenoxy) is 2. The molecule has 1 saturated carbocycles. The van der Waals surface area contributed by atoms with E-state index in [1.807, 2.05) is 18.2 Å². The minimum absolute atomic E-state index is 0.0574. The van der Waals surface area contributed by atoms with Crippen molar-refractivity contribution in [2.45, 2.75) is 86.6 Å². The molecule has 300 valence electrons. The second-order valence-corrected chi connectivity index (χ2v) is 15.5. The maximum absolute atomic E-state index is 14.5. The summed E-state index contributed by atoms with van der Waals surface area (Å²) in [5, 5.41) is 77.7. The highest BCUT2D eigenvalue weighted by atomic mass is 16.7. The van der Waals surface area contributed by atoms with Gasteiger partial charge in [-0.3, -0.25) is 9.69 Å². The monoisotopic (exact) mass is 782 g/mol. The van der Waals surface area contributed by atoms with Gasteiger partial charge >= 0.3 is 5.97 Å². The van der Waals surface area contributed by atoms with Gasteiger partial charge in [-0.25, -0.2) is 9.78 Å². The molecule has 9 unspecified atom stereocenters. The highest BCUT2D eigenvalue weighted by molar-refractivity contribution is 6.10. The van der Waals surface area contributed by atoms with Gasteiger partial charge in [0.05, 0.1) is 18.6 Å². The van der Waals surface area contributed by atoms with E-state index in [4.69, 9.17) is 9.47 Å². The third kappa shape index (κ3) is 6.99. The molecule has 8 rings (SSSR count). The fraction of sp³-hybridized carbons (Fsp3) is 0.405. The molecule has 0 spiro atoms. The fourth-order valence-electron chi connectivity index (χ4n) is 9.45. The van der Waals surface area contributed by atoms with E-state index >= 15 is 0 Å². The Morgan fingerprint density at radius 3 is 2.61 bits per heavy atom. The molecule has 3 aromatic carbocycles. The number of para-hydroxylation sites is 1. The maximum Gasteiger partial charge on any atom is 0.327 e. The molecule has 1 aromatic heterocycles. The molecule has 1 amide bonds. The third-order valence-corrected chi connectivity index (χ3v) is 12.3. The highest BCUT2D eigenvalue weighted by Crippen LogP contribution is 2.57. The number of aliphatic hydroxyl groups excluding tert-OH is 4. The molecule has 0 bridgehead atoms. The highest BCUT2D eigenvalue weighted by Gasteiger charge is 2.54. The summed E-state index contributed by atoms with van der Waals surface area (Å²) in [5.74, 6) is -3.15. The first-order valence-corrected chi connectivity index (χ1v) is 19.2. The van der Waals surface area contributed by atoms with E-state index in [2.05, 4.69) is 21.4 Å². The van der Waals surface area contributed by atoms with Crippen LogP contribution in [0.25, 0.3) is 6.08 Å². The van der Waals surface area contributed by atoms with Crippen LogP contribution in [0, 0.1) is 5.92 Å². The number of phenols is 2. The second kappa shape index (κ2) is 15.5. The number of aromatic hydroxyl groups is 2. The van der Waals surface area contributed by atoms with Crippen LogP contribution >= 0.6 is 0 Å². The number of carbonyl (C=O) groups is 2. The Labute approximate surface area is 327 Å². The van der Waals surface area contributed by atoms with Crippen molar-refractivity contribution in [3.63, 3.8) is 0 Å². The number of carboxylic acid groups (broad SMARTS) is 1. The van der Waals surface area contributed by atoms with Gasteiger partial charge in [-0.2, -0.15) is 0 Å². The van der Waals surface area contributed by atoms with Crippen molar-refractivity contribution >= 4 is 29.3 Å². The number of aliphatic carboxylic acids is 1. The van der Waals surface area contributed by atoms with Gasteiger partial charge in [0.15, 0.2) is 11.5 Å². The molecule has 4 heterocycles. The van der Waals surface area contributed by atoms with Gasteiger partial charge in [0.1, 0.15) is 36.2 Å². The number of nitrogens with one attached hydrogen (secondary N) is 2. The Balaban J connectivity index is 1.19. The molecule has 1 aliphatic carbocycles. The maximum atomic E-state index is 14.5. The molecule has 4 aromatic rings. The van der Waals surface area contributed by atoms with E-state index in [1.165, 1.54) is 41.6 Å². The predicted molar refractivity (Wildman–Crippen MR) is 206 cm³/mol.